The molecule has 4 aromatic carbocycles. The number of aliphatic hydroxyl groups is 2. The van der Waals surface area contributed by atoms with E-state index in [1.165, 1.54) is 12.0 Å². The molecule has 1 saturated carbocycles. The average Bonchev–Trinajstić information content (AvgIpc) is 3.88. The quantitative estimate of drug-likeness (QED) is 0.0979. The van der Waals surface area contributed by atoms with Gasteiger partial charge in [0.2, 0.25) is 17.6 Å². The van der Waals surface area contributed by atoms with Gasteiger partial charge in [0.15, 0.2) is 6.04 Å². The first-order valence-electron chi connectivity index (χ1n) is 22.4. The molecule has 3 saturated heterocycles. The van der Waals surface area contributed by atoms with E-state index in [2.05, 4.69) is 10.6 Å². The van der Waals surface area contributed by atoms with Gasteiger partial charge in [0.05, 0.1) is 25.3 Å². The Morgan fingerprint density at radius 3 is 2.14 bits per heavy atom. The SMILES string of the molecule is CC(O)C(NC(=O)C12CC3OC(=O)C1N(Cc1ccccc1C=CCc1ccccc1O)OC2C1OC(c2ccccc2)(c2ccccc2)OC31)C(=O)NC(CO)CCC(=O)OC(C)(C)C. The summed E-state index contributed by atoms with van der Waals surface area (Å²) in [5.74, 6) is -4.15. The van der Waals surface area contributed by atoms with Crippen LogP contribution in [0.4, 0.5) is 0 Å². The molecular formula is C51H57N3O12. The number of nitrogens with zero attached hydrogens (tertiary/aromatic N) is 1. The van der Waals surface area contributed by atoms with Crippen LogP contribution in [0.15, 0.2) is 115 Å². The molecule has 4 aromatic rings. The maximum absolute atomic E-state index is 15.4. The lowest BCUT2D eigenvalue weighted by Crippen LogP contribution is -2.71. The van der Waals surface area contributed by atoms with Crippen molar-refractivity contribution in [1.29, 1.82) is 0 Å². The van der Waals surface area contributed by atoms with E-state index in [9.17, 15) is 29.7 Å². The van der Waals surface area contributed by atoms with E-state index < -0.39 is 95.8 Å². The van der Waals surface area contributed by atoms with Crippen LogP contribution >= 0.6 is 0 Å². The minimum Gasteiger partial charge on any atom is -0.508 e. The van der Waals surface area contributed by atoms with Crippen LogP contribution in [0.1, 0.15) is 74.8 Å². The molecule has 3 heterocycles. The third-order valence-electron chi connectivity index (χ3n) is 12.6. The fourth-order valence-corrected chi connectivity index (χ4v) is 9.56. The van der Waals surface area contributed by atoms with Crippen molar-refractivity contribution in [2.24, 2.45) is 5.41 Å². The van der Waals surface area contributed by atoms with E-state index in [1.54, 1.807) is 32.9 Å². The lowest BCUT2D eigenvalue weighted by atomic mass is 9.62. The molecule has 15 nitrogen and oxygen atoms in total. The number of rotatable bonds is 16. The van der Waals surface area contributed by atoms with Crippen molar-refractivity contribution in [3.63, 3.8) is 0 Å². The molecule has 0 aromatic heterocycles. The summed E-state index contributed by atoms with van der Waals surface area (Å²) in [5, 5.41) is 38.5. The van der Waals surface area contributed by atoms with Gasteiger partial charge in [-0.25, -0.2) is 0 Å². The van der Waals surface area contributed by atoms with Crippen molar-refractivity contribution in [2.45, 2.75) is 120 Å². The number of amides is 2. The Morgan fingerprint density at radius 1 is 0.879 bits per heavy atom. The molecular weight excluding hydrogens is 847 g/mol. The number of allylic oxidation sites excluding steroid dienone is 1. The number of hydrogen-bond acceptors (Lipinski definition) is 13. The van der Waals surface area contributed by atoms with Gasteiger partial charge >= 0.3 is 11.9 Å². The van der Waals surface area contributed by atoms with E-state index in [0.29, 0.717) is 17.5 Å². The molecule has 66 heavy (non-hydrogen) atoms. The number of ether oxygens (including phenoxy) is 4. The van der Waals surface area contributed by atoms with Gasteiger partial charge in [-0.1, -0.05) is 115 Å². The number of nitrogens with one attached hydrogen (secondary N) is 2. The highest BCUT2D eigenvalue weighted by atomic mass is 16.8. The molecule has 0 spiro atoms. The molecule has 1 aliphatic carbocycles. The molecule has 15 heteroatoms. The number of carbonyl (C=O) groups is 4. The summed E-state index contributed by atoms with van der Waals surface area (Å²) < 4.78 is 25.7. The minimum absolute atomic E-state index is 0.0178. The first-order valence-corrected chi connectivity index (χ1v) is 22.4. The lowest BCUT2D eigenvalue weighted by molar-refractivity contribution is -0.213. The van der Waals surface area contributed by atoms with Crippen molar-refractivity contribution in [3.05, 3.63) is 143 Å². The highest BCUT2D eigenvalue weighted by Gasteiger charge is 2.76. The molecule has 2 amide bonds. The summed E-state index contributed by atoms with van der Waals surface area (Å²) in [6.45, 7) is 6.02. The smallest absolute Gasteiger partial charge is 0.327 e. The third kappa shape index (κ3) is 9.24. The molecule has 4 fully saturated rings. The number of fused-ring (bicyclic) bond motifs is 4. The Bertz CT molecular complexity index is 2380. The Hall–Kier alpha value is -5.94. The maximum atomic E-state index is 15.4. The standard InChI is InChI=1S/C51H57N3O12/c1-31(56)41(46(59)52-37(30-55)26-27-40(58)63-49(2,3)4)53-48(61)50-28-39-42-43(65-51(64-42,35-21-7-5-8-22-35)36-23-9-6-10-24-36)45(50)66-54(44(50)47(60)62-39)29-34-18-12-11-16-32(34)19-15-20-33-17-13-14-25-38(33)57/h5-19,21-25,31,37,39,41-45,55-57H,20,26-30H2,1-4H3,(H,52,59)(H,53,61). The summed E-state index contributed by atoms with van der Waals surface area (Å²) in [6.07, 6.45) is -1.39. The van der Waals surface area contributed by atoms with Gasteiger partial charge in [0, 0.05) is 24.0 Å². The van der Waals surface area contributed by atoms with Crippen molar-refractivity contribution in [1.82, 2.24) is 15.7 Å². The van der Waals surface area contributed by atoms with Crippen molar-refractivity contribution < 1.29 is 58.3 Å². The summed E-state index contributed by atoms with van der Waals surface area (Å²) in [6, 6.07) is 29.5. The predicted octanol–water partition coefficient (Wildman–Crippen LogP) is 4.60. The monoisotopic (exact) mass is 903 g/mol. The zero-order valence-electron chi connectivity index (χ0n) is 37.4. The number of hydroxylamine groups is 2. The second-order valence-corrected chi connectivity index (χ2v) is 18.4. The van der Waals surface area contributed by atoms with E-state index >= 15 is 4.79 Å². The number of phenolic OH excluding ortho intramolecular Hbond substituents is 1. The van der Waals surface area contributed by atoms with Crippen molar-refractivity contribution in [3.8, 4) is 5.75 Å². The van der Waals surface area contributed by atoms with E-state index in [0.717, 1.165) is 16.7 Å². The van der Waals surface area contributed by atoms with Gasteiger partial charge in [-0.3, -0.25) is 24.0 Å². The molecule has 348 valence electrons. The highest BCUT2D eigenvalue weighted by Crippen LogP contribution is 2.59. The Labute approximate surface area is 383 Å². The Kier molecular flexibility index (Phi) is 13.5. The highest BCUT2D eigenvalue weighted by molar-refractivity contribution is 5.96. The summed E-state index contributed by atoms with van der Waals surface area (Å²) in [7, 11) is 0. The van der Waals surface area contributed by atoms with Gasteiger partial charge in [0.25, 0.3) is 0 Å². The lowest BCUT2D eigenvalue weighted by Gasteiger charge is -2.49. The van der Waals surface area contributed by atoms with Crippen LogP contribution in [0.25, 0.3) is 6.08 Å². The van der Waals surface area contributed by atoms with E-state index in [-0.39, 0.29) is 31.6 Å². The molecule has 9 unspecified atom stereocenters. The fourth-order valence-electron chi connectivity index (χ4n) is 9.56. The number of aliphatic hydroxyl groups excluding tert-OH is 2. The van der Waals surface area contributed by atoms with Crippen LogP contribution in [0.5, 0.6) is 5.75 Å². The third-order valence-corrected chi connectivity index (χ3v) is 12.6. The van der Waals surface area contributed by atoms with Crippen LogP contribution < -0.4 is 10.6 Å². The molecule has 2 bridgehead atoms. The van der Waals surface area contributed by atoms with E-state index in [4.69, 9.17) is 23.8 Å². The van der Waals surface area contributed by atoms with Crippen LogP contribution in [-0.4, -0.2) is 105 Å². The zero-order valence-corrected chi connectivity index (χ0v) is 37.4. The molecule has 3 aliphatic heterocycles. The number of aromatic hydroxyl groups is 1. The topological polar surface area (TPSA) is 202 Å². The van der Waals surface area contributed by atoms with Crippen molar-refractivity contribution in [2.75, 3.05) is 6.61 Å². The predicted molar refractivity (Wildman–Crippen MR) is 240 cm³/mol. The summed E-state index contributed by atoms with van der Waals surface area (Å²) in [4.78, 5) is 63.3. The molecule has 8 rings (SSSR count). The van der Waals surface area contributed by atoms with Crippen LogP contribution in [0.2, 0.25) is 0 Å². The molecule has 4 aliphatic rings. The minimum atomic E-state index is -1.75. The molecule has 9 atom stereocenters. The summed E-state index contributed by atoms with van der Waals surface area (Å²) >= 11 is 0. The number of phenols is 1. The van der Waals surface area contributed by atoms with Gasteiger partial charge in [-0.2, -0.15) is 5.06 Å². The largest absolute Gasteiger partial charge is 0.508 e. The van der Waals surface area contributed by atoms with Gasteiger partial charge in [0.1, 0.15) is 47.2 Å². The first kappa shape index (κ1) is 46.6. The van der Waals surface area contributed by atoms with Gasteiger partial charge < -0.3 is 44.9 Å². The normalized spacial score (nSPS) is 25.6. The number of carbonyl (C=O) groups excluding carboxylic acids is 4. The Morgan fingerprint density at radius 2 is 1.50 bits per heavy atom. The Balaban J connectivity index is 1.13. The summed E-state index contributed by atoms with van der Waals surface area (Å²) in [5.41, 5.74) is 1.15. The van der Waals surface area contributed by atoms with Crippen LogP contribution in [0, 0.1) is 5.41 Å². The van der Waals surface area contributed by atoms with Gasteiger partial charge in [-0.05, 0) is 63.3 Å². The average molecular weight is 904 g/mol. The molecule has 0 radical (unpaired) electrons. The number of para-hydroxylation sites is 1. The van der Waals surface area contributed by atoms with Crippen LogP contribution in [0.3, 0.4) is 0 Å². The number of hydrogen-bond donors (Lipinski definition) is 5. The number of benzene rings is 4. The van der Waals surface area contributed by atoms with Gasteiger partial charge in [-0.15, -0.1) is 0 Å². The second kappa shape index (κ2) is 19.1. The van der Waals surface area contributed by atoms with Crippen LogP contribution in [-0.2, 0) is 61.7 Å². The second-order valence-electron chi connectivity index (χ2n) is 18.4. The number of esters is 2. The molecule has 5 N–H and O–H groups in total. The first-order chi connectivity index (χ1) is 31.6. The maximum Gasteiger partial charge on any atom is 0.327 e. The van der Waals surface area contributed by atoms with E-state index in [1.807, 2.05) is 109 Å². The van der Waals surface area contributed by atoms with Crippen molar-refractivity contribution >= 4 is 29.8 Å². The zero-order chi connectivity index (χ0) is 46.8. The fraction of sp³-hybridized carbons (Fsp3) is 0.412.